The zero-order valence-corrected chi connectivity index (χ0v) is 8.51. The molecule has 0 radical (unpaired) electrons. The molecular formula is C11H9NO4. The summed E-state index contributed by atoms with van der Waals surface area (Å²) in [5.41, 5.74) is 0.141. The molecule has 0 aromatic carbocycles. The zero-order valence-electron chi connectivity index (χ0n) is 8.51. The van der Waals surface area contributed by atoms with Crippen molar-refractivity contribution < 1.29 is 14.6 Å². The Hall–Kier alpha value is -2.30. The van der Waals surface area contributed by atoms with Crippen molar-refractivity contribution in [3.8, 4) is 5.75 Å². The molecule has 82 valence electrons. The number of fused-ring (bicyclic) bond motifs is 1. The third-order valence-corrected chi connectivity index (χ3v) is 2.29. The van der Waals surface area contributed by atoms with Crippen LogP contribution in [0, 0.1) is 0 Å². The summed E-state index contributed by atoms with van der Waals surface area (Å²) in [6.45, 7) is 0. The lowest BCUT2D eigenvalue weighted by atomic mass is 10.2. The third-order valence-electron chi connectivity index (χ3n) is 2.29. The van der Waals surface area contributed by atoms with Gasteiger partial charge in [0.25, 0.3) is 5.56 Å². The molecule has 2 heterocycles. The Bertz CT molecular complexity index is 615. The fraction of sp³-hybridized carbons (Fsp3) is 0.0909. The summed E-state index contributed by atoms with van der Waals surface area (Å²) >= 11 is 0. The lowest BCUT2D eigenvalue weighted by Crippen LogP contribution is -2.15. The van der Waals surface area contributed by atoms with Crippen LogP contribution in [0.2, 0.25) is 0 Å². The number of carboxylic acids is 1. The monoisotopic (exact) mass is 219 g/mol. The zero-order chi connectivity index (χ0) is 11.7. The topological polar surface area (TPSA) is 68.0 Å². The van der Waals surface area contributed by atoms with Crippen LogP contribution in [0.3, 0.4) is 0 Å². The van der Waals surface area contributed by atoms with Crippen LogP contribution in [-0.2, 0) is 0 Å². The van der Waals surface area contributed by atoms with Gasteiger partial charge in [-0.2, -0.15) is 0 Å². The number of hydrogen-bond acceptors (Lipinski definition) is 3. The number of pyridine rings is 2. The van der Waals surface area contributed by atoms with Crippen LogP contribution >= 0.6 is 0 Å². The second-order valence-corrected chi connectivity index (χ2v) is 3.21. The van der Waals surface area contributed by atoms with E-state index in [0.29, 0.717) is 11.3 Å². The normalized spacial score (nSPS) is 10.3. The maximum Gasteiger partial charge on any atom is 0.337 e. The average molecular weight is 219 g/mol. The Balaban J connectivity index is 2.86. The first-order valence-corrected chi connectivity index (χ1v) is 4.56. The fourth-order valence-electron chi connectivity index (χ4n) is 1.50. The molecular weight excluding hydrogens is 210 g/mol. The van der Waals surface area contributed by atoms with Crippen LogP contribution in [0.5, 0.6) is 5.75 Å². The Morgan fingerprint density at radius 2 is 2.06 bits per heavy atom. The SMILES string of the molecule is COc1ccc2c(C(=O)O)ccc(=O)n2c1. The molecule has 2 aromatic heterocycles. The molecule has 0 atom stereocenters. The summed E-state index contributed by atoms with van der Waals surface area (Å²) in [7, 11) is 1.48. The van der Waals surface area contributed by atoms with Crippen LogP contribution in [0.1, 0.15) is 10.4 Å². The first-order chi connectivity index (χ1) is 7.63. The minimum atomic E-state index is -1.07. The number of carboxylic acid groups (broad SMARTS) is 1. The van der Waals surface area contributed by atoms with Gasteiger partial charge >= 0.3 is 5.97 Å². The van der Waals surface area contributed by atoms with Gasteiger partial charge < -0.3 is 9.84 Å². The molecule has 0 saturated carbocycles. The van der Waals surface area contributed by atoms with Gasteiger partial charge in [-0.15, -0.1) is 0 Å². The lowest BCUT2D eigenvalue weighted by Gasteiger charge is -2.06. The van der Waals surface area contributed by atoms with E-state index in [4.69, 9.17) is 9.84 Å². The highest BCUT2D eigenvalue weighted by Gasteiger charge is 2.09. The predicted octanol–water partition coefficient (Wildman–Crippen LogP) is 1.01. The Morgan fingerprint density at radius 1 is 1.31 bits per heavy atom. The molecule has 5 heteroatoms. The number of hydrogen-bond donors (Lipinski definition) is 1. The molecule has 0 aliphatic rings. The van der Waals surface area contributed by atoms with Gasteiger partial charge in [0.1, 0.15) is 5.75 Å². The van der Waals surface area contributed by atoms with Gasteiger partial charge in [0.05, 0.1) is 24.4 Å². The summed E-state index contributed by atoms with van der Waals surface area (Å²) in [5, 5.41) is 8.95. The summed E-state index contributed by atoms with van der Waals surface area (Å²) in [6.07, 6.45) is 1.46. The van der Waals surface area contributed by atoms with E-state index in [1.165, 1.54) is 29.8 Å². The van der Waals surface area contributed by atoms with E-state index in [1.54, 1.807) is 12.1 Å². The summed E-state index contributed by atoms with van der Waals surface area (Å²) in [5.74, 6) is -0.570. The molecule has 2 aromatic rings. The van der Waals surface area contributed by atoms with E-state index in [1.807, 2.05) is 0 Å². The Labute approximate surface area is 90.5 Å². The van der Waals surface area contributed by atoms with Crippen molar-refractivity contribution >= 4 is 11.5 Å². The number of rotatable bonds is 2. The maximum absolute atomic E-state index is 11.5. The molecule has 0 saturated heterocycles. The van der Waals surface area contributed by atoms with Gasteiger partial charge in [-0.05, 0) is 18.2 Å². The van der Waals surface area contributed by atoms with E-state index in [2.05, 4.69) is 0 Å². The number of carbonyl (C=O) groups is 1. The van der Waals surface area contributed by atoms with E-state index in [9.17, 15) is 9.59 Å². The second-order valence-electron chi connectivity index (χ2n) is 3.21. The lowest BCUT2D eigenvalue weighted by molar-refractivity contribution is 0.0698. The number of nitrogens with zero attached hydrogens (tertiary/aromatic N) is 1. The minimum absolute atomic E-state index is 0.0854. The minimum Gasteiger partial charge on any atom is -0.495 e. The highest BCUT2D eigenvalue weighted by molar-refractivity contribution is 5.95. The average Bonchev–Trinajstić information content (AvgIpc) is 2.29. The van der Waals surface area contributed by atoms with E-state index < -0.39 is 5.97 Å². The van der Waals surface area contributed by atoms with Crippen molar-refractivity contribution in [3.05, 3.63) is 46.4 Å². The summed E-state index contributed by atoms with van der Waals surface area (Å²) in [4.78, 5) is 22.5. The van der Waals surface area contributed by atoms with E-state index in [-0.39, 0.29) is 11.1 Å². The standard InChI is InChI=1S/C11H9NO4/c1-16-7-2-4-9-8(11(14)15)3-5-10(13)12(9)6-7/h2-6H,1H3,(H,14,15). The molecule has 2 rings (SSSR count). The maximum atomic E-state index is 11.5. The molecule has 5 nitrogen and oxygen atoms in total. The molecule has 16 heavy (non-hydrogen) atoms. The van der Waals surface area contributed by atoms with E-state index in [0.717, 1.165) is 0 Å². The van der Waals surface area contributed by atoms with Crippen LogP contribution in [0.15, 0.2) is 35.3 Å². The van der Waals surface area contributed by atoms with Gasteiger partial charge in [0.2, 0.25) is 0 Å². The Kier molecular flexibility index (Phi) is 2.36. The van der Waals surface area contributed by atoms with E-state index >= 15 is 0 Å². The number of aromatic nitrogens is 1. The highest BCUT2D eigenvalue weighted by atomic mass is 16.5. The fourth-order valence-corrected chi connectivity index (χ4v) is 1.50. The van der Waals surface area contributed by atoms with Crippen molar-refractivity contribution in [1.82, 2.24) is 4.40 Å². The van der Waals surface area contributed by atoms with Gasteiger partial charge in [0.15, 0.2) is 0 Å². The van der Waals surface area contributed by atoms with Gasteiger partial charge in [-0.3, -0.25) is 9.20 Å². The van der Waals surface area contributed by atoms with Crippen molar-refractivity contribution in [1.29, 1.82) is 0 Å². The highest BCUT2D eigenvalue weighted by Crippen LogP contribution is 2.14. The molecule has 0 bridgehead atoms. The van der Waals surface area contributed by atoms with Crippen molar-refractivity contribution in [2.45, 2.75) is 0 Å². The van der Waals surface area contributed by atoms with Crippen LogP contribution in [-0.4, -0.2) is 22.6 Å². The molecule has 0 spiro atoms. The molecule has 0 fully saturated rings. The second kappa shape index (κ2) is 3.69. The van der Waals surface area contributed by atoms with Gasteiger partial charge in [0, 0.05) is 6.07 Å². The van der Waals surface area contributed by atoms with Crippen molar-refractivity contribution in [2.75, 3.05) is 7.11 Å². The summed E-state index contributed by atoms with van der Waals surface area (Å²) in [6, 6.07) is 5.67. The van der Waals surface area contributed by atoms with Crippen LogP contribution in [0.4, 0.5) is 0 Å². The summed E-state index contributed by atoms with van der Waals surface area (Å²) < 4.78 is 6.22. The molecule has 0 aliphatic heterocycles. The van der Waals surface area contributed by atoms with Gasteiger partial charge in [-0.1, -0.05) is 0 Å². The quantitative estimate of drug-likeness (QED) is 0.818. The smallest absolute Gasteiger partial charge is 0.337 e. The Morgan fingerprint density at radius 3 is 2.69 bits per heavy atom. The molecule has 0 unspecified atom stereocenters. The molecule has 0 aliphatic carbocycles. The van der Waals surface area contributed by atoms with Crippen molar-refractivity contribution in [2.24, 2.45) is 0 Å². The van der Waals surface area contributed by atoms with Crippen LogP contribution in [0.25, 0.3) is 5.52 Å². The molecule has 0 amide bonds. The first kappa shape index (κ1) is 10.2. The van der Waals surface area contributed by atoms with Gasteiger partial charge in [-0.25, -0.2) is 4.79 Å². The number of aromatic carboxylic acids is 1. The first-order valence-electron chi connectivity index (χ1n) is 4.56. The third kappa shape index (κ3) is 1.52. The van der Waals surface area contributed by atoms with Crippen molar-refractivity contribution in [3.63, 3.8) is 0 Å². The van der Waals surface area contributed by atoms with Crippen LogP contribution < -0.4 is 10.3 Å². The molecule has 1 N–H and O–H groups in total. The predicted molar refractivity (Wildman–Crippen MR) is 57.2 cm³/mol. The number of ether oxygens (including phenoxy) is 1. The largest absolute Gasteiger partial charge is 0.495 e. The number of methoxy groups -OCH3 is 1.